The van der Waals surface area contributed by atoms with Crippen molar-refractivity contribution in [1.82, 2.24) is 5.32 Å². The van der Waals surface area contributed by atoms with E-state index in [-0.39, 0.29) is 24.2 Å². The van der Waals surface area contributed by atoms with Gasteiger partial charge >= 0.3 is 0 Å². The molecule has 5 heteroatoms. The summed E-state index contributed by atoms with van der Waals surface area (Å²) in [4.78, 5) is 26.5. The van der Waals surface area contributed by atoms with E-state index in [0.29, 0.717) is 19.7 Å². The first-order chi connectivity index (χ1) is 12.6. The smallest absolute Gasteiger partial charge is 0.227 e. The SMILES string of the molecule is CCOc1ccc(CNC(=O)[C@@H]2CC(=O)N(c3ccccc3C)C2)cc1. The first-order valence-corrected chi connectivity index (χ1v) is 8.94. The Bertz CT molecular complexity index is 786. The normalized spacial score (nSPS) is 16.6. The van der Waals surface area contributed by atoms with Crippen molar-refractivity contribution in [3.63, 3.8) is 0 Å². The molecular weight excluding hydrogens is 328 g/mol. The minimum Gasteiger partial charge on any atom is -0.494 e. The van der Waals surface area contributed by atoms with Crippen LogP contribution in [0.15, 0.2) is 48.5 Å². The topological polar surface area (TPSA) is 58.6 Å². The Labute approximate surface area is 154 Å². The largest absolute Gasteiger partial charge is 0.494 e. The van der Waals surface area contributed by atoms with Gasteiger partial charge in [-0.1, -0.05) is 30.3 Å². The van der Waals surface area contributed by atoms with Crippen molar-refractivity contribution in [3.8, 4) is 5.75 Å². The molecule has 1 aliphatic heterocycles. The third kappa shape index (κ3) is 4.04. The van der Waals surface area contributed by atoms with Crippen LogP contribution in [0.1, 0.15) is 24.5 Å². The van der Waals surface area contributed by atoms with Gasteiger partial charge in [0.1, 0.15) is 5.75 Å². The molecule has 0 bridgehead atoms. The molecule has 0 saturated carbocycles. The van der Waals surface area contributed by atoms with Gasteiger partial charge < -0.3 is 15.0 Å². The van der Waals surface area contributed by atoms with E-state index in [1.807, 2.05) is 62.4 Å². The van der Waals surface area contributed by atoms with E-state index in [1.165, 1.54) is 0 Å². The van der Waals surface area contributed by atoms with E-state index in [2.05, 4.69) is 5.32 Å². The average Bonchev–Trinajstić information content (AvgIpc) is 3.03. The number of nitrogens with one attached hydrogen (secondary N) is 1. The second-order valence-corrected chi connectivity index (χ2v) is 6.49. The highest BCUT2D eigenvalue weighted by molar-refractivity contribution is 6.00. The van der Waals surface area contributed by atoms with Crippen LogP contribution in [-0.4, -0.2) is 25.0 Å². The van der Waals surface area contributed by atoms with E-state index in [9.17, 15) is 9.59 Å². The Kier molecular flexibility index (Phi) is 5.56. The zero-order chi connectivity index (χ0) is 18.5. The summed E-state index contributed by atoms with van der Waals surface area (Å²) in [7, 11) is 0. The number of ether oxygens (including phenoxy) is 1. The molecule has 2 amide bonds. The third-order valence-corrected chi connectivity index (χ3v) is 4.60. The number of para-hydroxylation sites is 1. The third-order valence-electron chi connectivity index (χ3n) is 4.60. The maximum Gasteiger partial charge on any atom is 0.227 e. The minimum absolute atomic E-state index is 0.000479. The number of nitrogens with zero attached hydrogens (tertiary/aromatic N) is 1. The fraction of sp³-hybridized carbons (Fsp3) is 0.333. The summed E-state index contributed by atoms with van der Waals surface area (Å²) >= 11 is 0. The minimum atomic E-state index is -0.315. The quantitative estimate of drug-likeness (QED) is 0.869. The molecule has 1 atom stereocenters. The lowest BCUT2D eigenvalue weighted by atomic mass is 10.1. The lowest BCUT2D eigenvalue weighted by Crippen LogP contribution is -2.32. The number of rotatable bonds is 6. The van der Waals surface area contributed by atoms with Gasteiger partial charge in [-0.25, -0.2) is 0 Å². The monoisotopic (exact) mass is 352 g/mol. The molecule has 0 unspecified atom stereocenters. The molecule has 5 nitrogen and oxygen atoms in total. The first-order valence-electron chi connectivity index (χ1n) is 8.94. The van der Waals surface area contributed by atoms with Crippen LogP contribution in [0.3, 0.4) is 0 Å². The Morgan fingerprint density at radius 3 is 2.62 bits per heavy atom. The fourth-order valence-corrected chi connectivity index (χ4v) is 3.19. The molecule has 1 N–H and O–H groups in total. The lowest BCUT2D eigenvalue weighted by Gasteiger charge is -2.19. The van der Waals surface area contributed by atoms with Crippen molar-refractivity contribution in [3.05, 3.63) is 59.7 Å². The zero-order valence-electron chi connectivity index (χ0n) is 15.2. The van der Waals surface area contributed by atoms with E-state index < -0.39 is 0 Å². The van der Waals surface area contributed by atoms with E-state index >= 15 is 0 Å². The second kappa shape index (κ2) is 8.04. The van der Waals surface area contributed by atoms with Crippen LogP contribution in [0.2, 0.25) is 0 Å². The Morgan fingerprint density at radius 2 is 1.92 bits per heavy atom. The molecule has 1 saturated heterocycles. The van der Waals surface area contributed by atoms with Crippen molar-refractivity contribution >= 4 is 17.5 Å². The Hall–Kier alpha value is -2.82. The van der Waals surface area contributed by atoms with Crippen molar-refractivity contribution in [1.29, 1.82) is 0 Å². The summed E-state index contributed by atoms with van der Waals surface area (Å²) in [6, 6.07) is 15.4. The molecule has 136 valence electrons. The molecule has 0 aliphatic carbocycles. The van der Waals surface area contributed by atoms with Gasteiger partial charge in [0.25, 0.3) is 0 Å². The summed E-state index contributed by atoms with van der Waals surface area (Å²) in [5.41, 5.74) is 2.93. The maximum absolute atomic E-state index is 12.5. The summed E-state index contributed by atoms with van der Waals surface area (Å²) in [5, 5.41) is 2.94. The number of anilines is 1. The van der Waals surface area contributed by atoms with Crippen LogP contribution in [0.5, 0.6) is 5.75 Å². The van der Waals surface area contributed by atoms with Crippen LogP contribution in [0.25, 0.3) is 0 Å². The van der Waals surface area contributed by atoms with E-state index in [4.69, 9.17) is 4.74 Å². The lowest BCUT2D eigenvalue weighted by molar-refractivity contribution is -0.126. The standard InChI is InChI=1S/C21H24N2O3/c1-3-26-18-10-8-16(9-11-18)13-22-21(25)17-12-20(24)23(14-17)19-7-5-4-6-15(19)2/h4-11,17H,3,12-14H2,1-2H3,(H,22,25)/t17-/m1/s1. The molecule has 2 aromatic carbocycles. The number of benzene rings is 2. The number of aryl methyl sites for hydroxylation is 1. The molecule has 0 spiro atoms. The molecular formula is C21H24N2O3. The van der Waals surface area contributed by atoms with Crippen LogP contribution in [0.4, 0.5) is 5.69 Å². The highest BCUT2D eigenvalue weighted by Gasteiger charge is 2.35. The summed E-state index contributed by atoms with van der Waals surface area (Å²) in [5.74, 6) is 0.423. The number of hydrogen-bond donors (Lipinski definition) is 1. The van der Waals surface area contributed by atoms with E-state index in [0.717, 1.165) is 22.6 Å². The molecule has 3 rings (SSSR count). The summed E-state index contributed by atoms with van der Waals surface area (Å²) in [6.45, 7) is 5.42. The predicted octanol–water partition coefficient (Wildman–Crippen LogP) is 3.06. The van der Waals surface area contributed by atoms with Gasteiger partial charge in [0, 0.05) is 25.2 Å². The van der Waals surface area contributed by atoms with Gasteiger partial charge in [-0.3, -0.25) is 9.59 Å². The fourth-order valence-electron chi connectivity index (χ4n) is 3.19. The molecule has 1 heterocycles. The van der Waals surface area contributed by atoms with Crippen LogP contribution in [0, 0.1) is 12.8 Å². The number of hydrogen-bond acceptors (Lipinski definition) is 3. The molecule has 2 aromatic rings. The van der Waals surface area contributed by atoms with Crippen molar-refractivity contribution in [2.45, 2.75) is 26.8 Å². The second-order valence-electron chi connectivity index (χ2n) is 6.49. The number of carbonyl (C=O) groups excluding carboxylic acids is 2. The van der Waals surface area contributed by atoms with Crippen LogP contribution < -0.4 is 15.0 Å². The molecule has 1 fully saturated rings. The van der Waals surface area contributed by atoms with Crippen molar-refractivity contribution in [2.75, 3.05) is 18.1 Å². The van der Waals surface area contributed by atoms with Crippen LogP contribution in [-0.2, 0) is 16.1 Å². The summed E-state index contributed by atoms with van der Waals surface area (Å²) < 4.78 is 5.41. The molecule has 0 radical (unpaired) electrons. The molecule has 0 aromatic heterocycles. The van der Waals surface area contributed by atoms with Crippen molar-refractivity contribution < 1.29 is 14.3 Å². The number of amides is 2. The Morgan fingerprint density at radius 1 is 1.19 bits per heavy atom. The van der Waals surface area contributed by atoms with Gasteiger partial charge in [-0.2, -0.15) is 0 Å². The maximum atomic E-state index is 12.5. The summed E-state index contributed by atoms with van der Waals surface area (Å²) in [6.07, 6.45) is 0.253. The molecule has 1 aliphatic rings. The van der Waals surface area contributed by atoms with Gasteiger partial charge in [0.2, 0.25) is 11.8 Å². The predicted molar refractivity (Wildman–Crippen MR) is 101 cm³/mol. The first kappa shape index (κ1) is 18.0. The van der Waals surface area contributed by atoms with Crippen LogP contribution >= 0.6 is 0 Å². The highest BCUT2D eigenvalue weighted by Crippen LogP contribution is 2.27. The van der Waals surface area contributed by atoms with Crippen molar-refractivity contribution in [2.24, 2.45) is 5.92 Å². The average molecular weight is 352 g/mol. The van der Waals surface area contributed by atoms with Gasteiger partial charge in [0.15, 0.2) is 0 Å². The Balaban J connectivity index is 1.57. The number of carbonyl (C=O) groups is 2. The highest BCUT2D eigenvalue weighted by atomic mass is 16.5. The van der Waals surface area contributed by atoms with Gasteiger partial charge in [-0.15, -0.1) is 0 Å². The van der Waals surface area contributed by atoms with Gasteiger partial charge in [-0.05, 0) is 43.2 Å². The zero-order valence-corrected chi connectivity index (χ0v) is 15.2. The van der Waals surface area contributed by atoms with E-state index in [1.54, 1.807) is 4.90 Å². The van der Waals surface area contributed by atoms with Gasteiger partial charge in [0.05, 0.1) is 12.5 Å². The molecule has 26 heavy (non-hydrogen) atoms.